The monoisotopic (exact) mass is 245 g/mol. The zero-order valence-electron chi connectivity index (χ0n) is 9.69. The summed E-state index contributed by atoms with van der Waals surface area (Å²) in [5.74, 6) is 0.971. The van der Waals surface area contributed by atoms with Gasteiger partial charge in [-0.05, 0) is 24.6 Å². The average Bonchev–Trinajstić information content (AvgIpc) is 2.94. The van der Waals surface area contributed by atoms with E-state index in [0.717, 1.165) is 22.6 Å². The van der Waals surface area contributed by atoms with Gasteiger partial charge in [-0.2, -0.15) is 0 Å². The maximum Gasteiger partial charge on any atom is 0.284 e. The number of fused-ring (bicyclic) bond motifs is 1. The van der Waals surface area contributed by atoms with E-state index in [1.54, 1.807) is 6.20 Å². The van der Waals surface area contributed by atoms with E-state index in [9.17, 15) is 4.79 Å². The van der Waals surface area contributed by atoms with E-state index in [2.05, 4.69) is 9.97 Å². The molecule has 1 aliphatic rings. The third kappa shape index (κ3) is 1.58. The van der Waals surface area contributed by atoms with Crippen LogP contribution in [-0.2, 0) is 0 Å². The number of aromatic nitrogens is 2. The van der Waals surface area contributed by atoms with E-state index in [-0.39, 0.29) is 12.6 Å². The Bertz CT molecular complexity index is 633. The third-order valence-electron chi connectivity index (χ3n) is 2.82. The van der Waals surface area contributed by atoms with Gasteiger partial charge in [0.05, 0.1) is 11.9 Å². The number of aromatic amines is 1. The van der Waals surface area contributed by atoms with Crippen LogP contribution >= 0.6 is 0 Å². The van der Waals surface area contributed by atoms with Crippen LogP contribution in [0.15, 0.2) is 18.3 Å². The molecular formula is C12H11N3O3. The lowest BCUT2D eigenvalue weighted by atomic mass is 10.1. The Morgan fingerprint density at radius 2 is 2.11 bits per heavy atom. The fourth-order valence-electron chi connectivity index (χ4n) is 1.92. The Kier molecular flexibility index (Phi) is 2.22. The van der Waals surface area contributed by atoms with E-state index in [1.807, 2.05) is 19.1 Å². The summed E-state index contributed by atoms with van der Waals surface area (Å²) < 4.78 is 10.6. The minimum absolute atomic E-state index is 0.141. The minimum atomic E-state index is -0.584. The summed E-state index contributed by atoms with van der Waals surface area (Å²) in [6, 6.07) is 3.75. The molecule has 0 aliphatic carbocycles. The van der Waals surface area contributed by atoms with Gasteiger partial charge in [-0.1, -0.05) is 0 Å². The summed E-state index contributed by atoms with van der Waals surface area (Å²) in [4.78, 5) is 17.8. The van der Waals surface area contributed by atoms with Gasteiger partial charge in [-0.3, -0.25) is 4.79 Å². The van der Waals surface area contributed by atoms with Crippen LogP contribution in [0.4, 0.5) is 0 Å². The molecule has 6 nitrogen and oxygen atoms in total. The summed E-state index contributed by atoms with van der Waals surface area (Å²) in [6.45, 7) is 2.18. The number of rotatable bonds is 2. The summed E-state index contributed by atoms with van der Waals surface area (Å²) in [7, 11) is 0. The predicted octanol–water partition coefficient (Wildman–Crippen LogP) is 1.21. The van der Waals surface area contributed by atoms with E-state index < -0.39 is 5.91 Å². The highest BCUT2D eigenvalue weighted by Gasteiger charge is 2.17. The van der Waals surface area contributed by atoms with Crippen molar-refractivity contribution in [2.75, 3.05) is 6.79 Å². The van der Waals surface area contributed by atoms with Crippen molar-refractivity contribution in [1.29, 1.82) is 0 Å². The zero-order chi connectivity index (χ0) is 12.7. The van der Waals surface area contributed by atoms with Crippen LogP contribution in [-0.4, -0.2) is 22.7 Å². The number of aryl methyl sites for hydroxylation is 1. The van der Waals surface area contributed by atoms with Gasteiger partial charge in [0.1, 0.15) is 0 Å². The van der Waals surface area contributed by atoms with Crippen molar-refractivity contribution in [3.05, 3.63) is 29.7 Å². The van der Waals surface area contributed by atoms with E-state index in [0.29, 0.717) is 5.75 Å². The number of primary amides is 1. The van der Waals surface area contributed by atoms with Crippen LogP contribution in [0.2, 0.25) is 0 Å². The summed E-state index contributed by atoms with van der Waals surface area (Å²) in [6.07, 6.45) is 1.57. The molecule has 6 heteroatoms. The number of nitrogens with one attached hydrogen (secondary N) is 1. The smallest absolute Gasteiger partial charge is 0.284 e. The van der Waals surface area contributed by atoms with E-state index >= 15 is 0 Å². The predicted molar refractivity (Wildman–Crippen MR) is 63.4 cm³/mol. The molecule has 0 radical (unpaired) electrons. The van der Waals surface area contributed by atoms with Gasteiger partial charge in [-0.25, -0.2) is 4.98 Å². The average molecular weight is 245 g/mol. The normalized spacial score (nSPS) is 12.7. The number of H-pyrrole nitrogens is 1. The Hall–Kier alpha value is -2.50. The SMILES string of the molecule is Cc1cc2c(cc1-c1cnc(C(N)=O)[nH]1)OCO2. The Labute approximate surface area is 103 Å². The maximum atomic E-state index is 11.0. The van der Waals surface area contributed by atoms with Gasteiger partial charge in [-0.15, -0.1) is 0 Å². The lowest BCUT2D eigenvalue weighted by Crippen LogP contribution is -2.12. The molecule has 0 saturated carbocycles. The number of nitrogens with zero attached hydrogens (tertiary/aromatic N) is 1. The van der Waals surface area contributed by atoms with Crippen molar-refractivity contribution >= 4 is 5.91 Å². The molecule has 1 amide bonds. The molecule has 0 bridgehead atoms. The first-order chi connectivity index (χ1) is 8.65. The molecule has 3 N–H and O–H groups in total. The Morgan fingerprint density at radius 1 is 1.39 bits per heavy atom. The molecule has 1 aliphatic heterocycles. The molecule has 0 saturated heterocycles. The molecule has 3 rings (SSSR count). The van der Waals surface area contributed by atoms with Crippen LogP contribution in [0.25, 0.3) is 11.3 Å². The molecule has 1 aromatic carbocycles. The Balaban J connectivity index is 2.08. The van der Waals surface area contributed by atoms with Gasteiger partial charge >= 0.3 is 0 Å². The van der Waals surface area contributed by atoms with Crippen molar-refractivity contribution in [3.63, 3.8) is 0 Å². The first-order valence-corrected chi connectivity index (χ1v) is 5.40. The van der Waals surface area contributed by atoms with Gasteiger partial charge in [0.25, 0.3) is 5.91 Å². The van der Waals surface area contributed by atoms with Crippen molar-refractivity contribution < 1.29 is 14.3 Å². The molecule has 18 heavy (non-hydrogen) atoms. The van der Waals surface area contributed by atoms with Crippen LogP contribution in [0, 0.1) is 6.92 Å². The number of carbonyl (C=O) groups is 1. The fourth-order valence-corrected chi connectivity index (χ4v) is 1.92. The largest absolute Gasteiger partial charge is 0.454 e. The molecular weight excluding hydrogens is 234 g/mol. The second-order valence-corrected chi connectivity index (χ2v) is 4.03. The molecule has 1 aromatic heterocycles. The van der Waals surface area contributed by atoms with Crippen LogP contribution in [0.1, 0.15) is 16.2 Å². The standard InChI is InChI=1S/C12H11N3O3/c1-6-2-9-10(18-5-17-9)3-7(6)8-4-14-12(15-8)11(13)16/h2-4H,5H2,1H3,(H2,13,16)(H,14,15). The summed E-state index contributed by atoms with van der Waals surface area (Å²) in [5, 5.41) is 0. The molecule has 0 spiro atoms. The highest BCUT2D eigenvalue weighted by molar-refractivity contribution is 5.89. The van der Waals surface area contributed by atoms with Crippen LogP contribution in [0.3, 0.4) is 0 Å². The quantitative estimate of drug-likeness (QED) is 0.832. The lowest BCUT2D eigenvalue weighted by molar-refractivity contribution is 0.0991. The highest BCUT2D eigenvalue weighted by Crippen LogP contribution is 2.37. The molecule has 2 aromatic rings. The zero-order valence-corrected chi connectivity index (χ0v) is 9.69. The number of ether oxygens (including phenoxy) is 2. The van der Waals surface area contributed by atoms with Crippen LogP contribution < -0.4 is 15.2 Å². The van der Waals surface area contributed by atoms with Crippen molar-refractivity contribution in [2.24, 2.45) is 5.73 Å². The number of benzene rings is 1. The number of hydrogen-bond acceptors (Lipinski definition) is 4. The van der Waals surface area contributed by atoms with Gasteiger partial charge in [0.15, 0.2) is 17.3 Å². The molecule has 0 fully saturated rings. The maximum absolute atomic E-state index is 11.0. The molecule has 0 atom stereocenters. The van der Waals surface area contributed by atoms with Crippen molar-refractivity contribution in [2.45, 2.75) is 6.92 Å². The minimum Gasteiger partial charge on any atom is -0.454 e. The highest BCUT2D eigenvalue weighted by atomic mass is 16.7. The second kappa shape index (κ2) is 3.76. The first kappa shape index (κ1) is 10.6. The topological polar surface area (TPSA) is 90.2 Å². The molecule has 0 unspecified atom stereocenters. The first-order valence-electron chi connectivity index (χ1n) is 5.40. The number of imidazole rings is 1. The number of carbonyl (C=O) groups excluding carboxylic acids is 1. The summed E-state index contributed by atoms with van der Waals surface area (Å²) in [5.41, 5.74) is 7.78. The van der Waals surface area contributed by atoms with E-state index in [1.165, 1.54) is 0 Å². The van der Waals surface area contributed by atoms with Gasteiger partial charge in [0, 0.05) is 5.56 Å². The number of hydrogen-bond donors (Lipinski definition) is 2. The van der Waals surface area contributed by atoms with Crippen LogP contribution in [0.5, 0.6) is 11.5 Å². The lowest BCUT2D eigenvalue weighted by Gasteiger charge is -2.05. The number of amides is 1. The second-order valence-electron chi connectivity index (χ2n) is 4.03. The van der Waals surface area contributed by atoms with E-state index in [4.69, 9.17) is 15.2 Å². The van der Waals surface area contributed by atoms with Crippen molar-refractivity contribution in [3.8, 4) is 22.8 Å². The summed E-state index contributed by atoms with van der Waals surface area (Å²) >= 11 is 0. The third-order valence-corrected chi connectivity index (χ3v) is 2.82. The fraction of sp³-hybridized carbons (Fsp3) is 0.167. The van der Waals surface area contributed by atoms with Gasteiger partial charge in [0.2, 0.25) is 6.79 Å². The molecule has 2 heterocycles. The Morgan fingerprint density at radius 3 is 2.78 bits per heavy atom. The molecule has 92 valence electrons. The van der Waals surface area contributed by atoms with Gasteiger partial charge < -0.3 is 20.2 Å². The number of nitrogens with two attached hydrogens (primary N) is 1. The van der Waals surface area contributed by atoms with Crippen molar-refractivity contribution in [1.82, 2.24) is 9.97 Å².